The molecule has 17 heavy (non-hydrogen) atoms. The number of likely N-dealkylation sites (tertiary alicyclic amines) is 1. The number of carbonyl (C=O) groups excluding carboxylic acids is 1. The van der Waals surface area contributed by atoms with Crippen molar-refractivity contribution in [2.24, 2.45) is 5.73 Å². The van der Waals surface area contributed by atoms with Crippen molar-refractivity contribution in [2.45, 2.75) is 38.8 Å². The van der Waals surface area contributed by atoms with E-state index in [-0.39, 0.29) is 11.9 Å². The van der Waals surface area contributed by atoms with E-state index in [0.29, 0.717) is 12.6 Å². The monoisotopic (exact) mass is 243 g/mol. The molecule has 3 N–H and O–H groups in total. The van der Waals surface area contributed by atoms with Gasteiger partial charge in [0, 0.05) is 19.7 Å². The third-order valence-electron chi connectivity index (χ3n) is 3.10. The Balaban J connectivity index is 2.40. The van der Waals surface area contributed by atoms with Gasteiger partial charge in [0.15, 0.2) is 0 Å². The second-order valence-corrected chi connectivity index (χ2v) is 4.49. The molecular weight excluding hydrogens is 218 g/mol. The number of carbonyl (C=O) groups is 1. The van der Waals surface area contributed by atoms with Crippen LogP contribution in [0.3, 0.4) is 0 Å². The molecule has 1 saturated heterocycles. The van der Waals surface area contributed by atoms with Crippen LogP contribution < -0.4 is 11.1 Å². The standard InChI is InChI=1S/C12H25N3O2/c1-3-14-11(12(13)16)9-15-7-5-6-10(8-15)17-4-2/h10-11,14H,3-9H2,1-2H3,(H2,13,16). The summed E-state index contributed by atoms with van der Waals surface area (Å²) in [6.45, 7) is 8.13. The largest absolute Gasteiger partial charge is 0.377 e. The molecule has 2 unspecified atom stereocenters. The molecule has 100 valence electrons. The van der Waals surface area contributed by atoms with Crippen molar-refractivity contribution in [2.75, 3.05) is 32.8 Å². The number of hydrogen-bond acceptors (Lipinski definition) is 4. The van der Waals surface area contributed by atoms with Crippen LogP contribution in [0.15, 0.2) is 0 Å². The fourth-order valence-electron chi connectivity index (χ4n) is 2.31. The smallest absolute Gasteiger partial charge is 0.235 e. The number of nitrogens with one attached hydrogen (secondary N) is 1. The quantitative estimate of drug-likeness (QED) is 0.658. The molecule has 1 aliphatic rings. The van der Waals surface area contributed by atoms with Gasteiger partial charge in [-0.2, -0.15) is 0 Å². The fourth-order valence-corrected chi connectivity index (χ4v) is 2.31. The molecule has 1 heterocycles. The maximum atomic E-state index is 11.3. The predicted octanol–water partition coefficient (Wildman–Crippen LogP) is -0.0493. The van der Waals surface area contributed by atoms with E-state index in [0.717, 1.165) is 39.1 Å². The Morgan fingerprint density at radius 1 is 1.59 bits per heavy atom. The molecule has 1 aliphatic heterocycles. The van der Waals surface area contributed by atoms with Gasteiger partial charge in [-0.05, 0) is 32.9 Å². The predicted molar refractivity (Wildman–Crippen MR) is 67.7 cm³/mol. The first-order valence-electron chi connectivity index (χ1n) is 6.54. The lowest BCUT2D eigenvalue weighted by atomic mass is 10.1. The third kappa shape index (κ3) is 5.02. The van der Waals surface area contributed by atoms with E-state index in [9.17, 15) is 4.79 Å². The SMILES string of the molecule is CCNC(CN1CCCC(OCC)C1)C(N)=O. The normalized spacial score (nSPS) is 23.5. The van der Waals surface area contributed by atoms with Crippen LogP contribution in [-0.2, 0) is 9.53 Å². The summed E-state index contributed by atoms with van der Waals surface area (Å²) in [5.74, 6) is -0.273. The number of nitrogens with zero attached hydrogens (tertiary/aromatic N) is 1. The van der Waals surface area contributed by atoms with Crippen molar-refractivity contribution in [3.8, 4) is 0 Å². The zero-order chi connectivity index (χ0) is 12.7. The van der Waals surface area contributed by atoms with Crippen molar-refractivity contribution in [3.63, 3.8) is 0 Å². The Hall–Kier alpha value is -0.650. The highest BCUT2D eigenvalue weighted by Gasteiger charge is 2.24. The summed E-state index contributed by atoms with van der Waals surface area (Å²) in [6, 6.07) is -0.250. The second kappa shape index (κ2) is 7.63. The van der Waals surface area contributed by atoms with Gasteiger partial charge in [0.05, 0.1) is 12.1 Å². The van der Waals surface area contributed by atoms with Gasteiger partial charge < -0.3 is 15.8 Å². The van der Waals surface area contributed by atoms with Gasteiger partial charge >= 0.3 is 0 Å². The average molecular weight is 243 g/mol. The molecule has 0 aromatic rings. The molecule has 0 aromatic carbocycles. The molecule has 1 amide bonds. The summed E-state index contributed by atoms with van der Waals surface area (Å²) >= 11 is 0. The highest BCUT2D eigenvalue weighted by molar-refractivity contribution is 5.80. The Morgan fingerprint density at radius 2 is 2.35 bits per heavy atom. The lowest BCUT2D eigenvalue weighted by Gasteiger charge is -2.34. The number of ether oxygens (including phenoxy) is 1. The summed E-state index contributed by atoms with van der Waals surface area (Å²) in [4.78, 5) is 13.5. The van der Waals surface area contributed by atoms with E-state index in [1.54, 1.807) is 0 Å². The van der Waals surface area contributed by atoms with Gasteiger partial charge in [0.25, 0.3) is 0 Å². The maximum Gasteiger partial charge on any atom is 0.235 e. The molecule has 1 fully saturated rings. The first-order chi connectivity index (χ1) is 8.17. The van der Waals surface area contributed by atoms with Crippen molar-refractivity contribution >= 4 is 5.91 Å². The van der Waals surface area contributed by atoms with Crippen LogP contribution in [0.4, 0.5) is 0 Å². The number of amides is 1. The summed E-state index contributed by atoms with van der Waals surface area (Å²) in [5, 5.41) is 3.12. The Labute approximate surface area is 104 Å². The number of primary amides is 1. The molecule has 1 rings (SSSR count). The molecule has 2 atom stereocenters. The van der Waals surface area contributed by atoms with Crippen LogP contribution in [0.25, 0.3) is 0 Å². The Kier molecular flexibility index (Phi) is 6.47. The third-order valence-corrected chi connectivity index (χ3v) is 3.10. The lowest BCUT2D eigenvalue weighted by molar-refractivity contribution is -0.120. The lowest BCUT2D eigenvalue weighted by Crippen LogP contribution is -2.52. The van der Waals surface area contributed by atoms with E-state index in [1.807, 2.05) is 13.8 Å². The molecule has 0 radical (unpaired) electrons. The molecule has 5 heteroatoms. The summed E-state index contributed by atoms with van der Waals surface area (Å²) in [5.41, 5.74) is 5.37. The Morgan fingerprint density at radius 3 is 2.94 bits per heavy atom. The van der Waals surface area contributed by atoms with Crippen LogP contribution in [0.5, 0.6) is 0 Å². The van der Waals surface area contributed by atoms with E-state index in [4.69, 9.17) is 10.5 Å². The maximum absolute atomic E-state index is 11.3. The number of piperidine rings is 1. The van der Waals surface area contributed by atoms with Crippen molar-refractivity contribution in [1.29, 1.82) is 0 Å². The van der Waals surface area contributed by atoms with Crippen molar-refractivity contribution in [3.05, 3.63) is 0 Å². The molecule has 5 nitrogen and oxygen atoms in total. The second-order valence-electron chi connectivity index (χ2n) is 4.49. The minimum absolute atomic E-state index is 0.250. The highest BCUT2D eigenvalue weighted by atomic mass is 16.5. The number of rotatable bonds is 7. The number of likely N-dealkylation sites (N-methyl/N-ethyl adjacent to an activating group) is 1. The number of hydrogen-bond donors (Lipinski definition) is 2. The number of nitrogens with two attached hydrogens (primary N) is 1. The van der Waals surface area contributed by atoms with Crippen LogP contribution in [0.1, 0.15) is 26.7 Å². The molecule has 0 saturated carbocycles. The minimum atomic E-state index is -0.273. The molecular formula is C12H25N3O2. The van der Waals surface area contributed by atoms with Crippen molar-refractivity contribution in [1.82, 2.24) is 10.2 Å². The summed E-state index contributed by atoms with van der Waals surface area (Å²) in [7, 11) is 0. The highest BCUT2D eigenvalue weighted by Crippen LogP contribution is 2.13. The zero-order valence-electron chi connectivity index (χ0n) is 10.9. The van der Waals surface area contributed by atoms with Crippen LogP contribution in [-0.4, -0.2) is 55.7 Å². The van der Waals surface area contributed by atoms with Gasteiger partial charge in [-0.1, -0.05) is 6.92 Å². The Bertz CT molecular complexity index is 234. The van der Waals surface area contributed by atoms with E-state index < -0.39 is 0 Å². The summed E-state index contributed by atoms with van der Waals surface area (Å²) < 4.78 is 5.64. The minimum Gasteiger partial charge on any atom is -0.377 e. The molecule has 0 spiro atoms. The fraction of sp³-hybridized carbons (Fsp3) is 0.917. The van der Waals surface area contributed by atoms with Crippen LogP contribution in [0, 0.1) is 0 Å². The average Bonchev–Trinajstić information content (AvgIpc) is 2.29. The molecule has 0 bridgehead atoms. The topological polar surface area (TPSA) is 67.6 Å². The van der Waals surface area contributed by atoms with Gasteiger partial charge in [0.1, 0.15) is 0 Å². The van der Waals surface area contributed by atoms with Gasteiger partial charge in [-0.25, -0.2) is 0 Å². The first kappa shape index (κ1) is 14.4. The van der Waals surface area contributed by atoms with Gasteiger partial charge in [0.2, 0.25) is 5.91 Å². The van der Waals surface area contributed by atoms with E-state index in [1.165, 1.54) is 0 Å². The molecule has 0 aromatic heterocycles. The van der Waals surface area contributed by atoms with Crippen LogP contribution in [0.2, 0.25) is 0 Å². The van der Waals surface area contributed by atoms with Gasteiger partial charge in [-0.3, -0.25) is 9.69 Å². The van der Waals surface area contributed by atoms with E-state index in [2.05, 4.69) is 10.2 Å². The van der Waals surface area contributed by atoms with Crippen molar-refractivity contribution < 1.29 is 9.53 Å². The van der Waals surface area contributed by atoms with Gasteiger partial charge in [-0.15, -0.1) is 0 Å². The first-order valence-corrected chi connectivity index (χ1v) is 6.54. The summed E-state index contributed by atoms with van der Waals surface area (Å²) in [6.07, 6.45) is 2.55. The van der Waals surface area contributed by atoms with Crippen LogP contribution >= 0.6 is 0 Å². The molecule has 0 aliphatic carbocycles. The zero-order valence-corrected chi connectivity index (χ0v) is 10.9. The van der Waals surface area contributed by atoms with E-state index >= 15 is 0 Å².